The molecule has 0 amide bonds. The summed E-state index contributed by atoms with van der Waals surface area (Å²) in [5, 5.41) is 3.38. The maximum absolute atomic E-state index is 3.38. The lowest BCUT2D eigenvalue weighted by Crippen LogP contribution is -2.20. The summed E-state index contributed by atoms with van der Waals surface area (Å²) in [6.07, 6.45) is 0. The molecule has 0 aliphatic heterocycles. The summed E-state index contributed by atoms with van der Waals surface area (Å²) < 4.78 is 0. The van der Waals surface area contributed by atoms with Gasteiger partial charge in [0, 0.05) is 38.6 Å². The number of nitrogens with zero attached hydrogens (tertiary/aromatic N) is 2. The van der Waals surface area contributed by atoms with E-state index >= 15 is 0 Å². The smallest absolute Gasteiger partial charge is 0.0362 e. The maximum Gasteiger partial charge on any atom is 0.0362 e. The fourth-order valence-corrected chi connectivity index (χ4v) is 1.30. The standard InChI is InChI=1S/C12H21N3/c1-14(2)10-9-13-11-5-7-12(8-6-11)15(3)4/h5-8,13H,9-10H2,1-4H3. The lowest BCUT2D eigenvalue weighted by Gasteiger charge is -2.14. The van der Waals surface area contributed by atoms with E-state index in [-0.39, 0.29) is 0 Å². The second-order valence-corrected chi connectivity index (χ2v) is 4.17. The first-order chi connectivity index (χ1) is 7.09. The van der Waals surface area contributed by atoms with Crippen LogP contribution in [0.25, 0.3) is 0 Å². The molecule has 0 heterocycles. The van der Waals surface area contributed by atoms with Gasteiger partial charge < -0.3 is 15.1 Å². The van der Waals surface area contributed by atoms with Crippen LogP contribution in [-0.2, 0) is 0 Å². The first kappa shape index (κ1) is 11.9. The number of benzene rings is 1. The van der Waals surface area contributed by atoms with Gasteiger partial charge in [0.25, 0.3) is 0 Å². The third-order valence-corrected chi connectivity index (χ3v) is 2.27. The van der Waals surface area contributed by atoms with Crippen LogP contribution in [-0.4, -0.2) is 46.2 Å². The predicted molar refractivity (Wildman–Crippen MR) is 67.8 cm³/mol. The fourth-order valence-electron chi connectivity index (χ4n) is 1.30. The molecule has 0 atom stereocenters. The minimum absolute atomic E-state index is 0.980. The van der Waals surface area contributed by atoms with Crippen molar-refractivity contribution in [3.63, 3.8) is 0 Å². The van der Waals surface area contributed by atoms with E-state index in [9.17, 15) is 0 Å². The molecule has 84 valence electrons. The van der Waals surface area contributed by atoms with E-state index in [1.807, 2.05) is 0 Å². The molecule has 0 aromatic heterocycles. The number of hydrogen-bond donors (Lipinski definition) is 1. The van der Waals surface area contributed by atoms with Gasteiger partial charge in [0.15, 0.2) is 0 Å². The number of rotatable bonds is 5. The molecule has 15 heavy (non-hydrogen) atoms. The molecule has 1 aromatic carbocycles. The molecule has 0 fully saturated rings. The minimum atomic E-state index is 0.980. The van der Waals surface area contributed by atoms with Gasteiger partial charge in [-0.3, -0.25) is 0 Å². The van der Waals surface area contributed by atoms with Crippen LogP contribution in [0.4, 0.5) is 11.4 Å². The predicted octanol–water partition coefficient (Wildman–Crippen LogP) is 1.73. The largest absolute Gasteiger partial charge is 0.384 e. The molecular formula is C12H21N3. The van der Waals surface area contributed by atoms with E-state index in [4.69, 9.17) is 0 Å². The molecule has 0 unspecified atom stereocenters. The Kier molecular flexibility index (Phi) is 4.43. The van der Waals surface area contributed by atoms with E-state index in [2.05, 4.69) is 67.6 Å². The van der Waals surface area contributed by atoms with Gasteiger partial charge in [-0.25, -0.2) is 0 Å². The monoisotopic (exact) mass is 207 g/mol. The summed E-state index contributed by atoms with van der Waals surface area (Å²) in [6, 6.07) is 8.48. The highest BCUT2D eigenvalue weighted by Crippen LogP contribution is 2.15. The molecule has 0 aliphatic rings. The van der Waals surface area contributed by atoms with Crippen LogP contribution < -0.4 is 10.2 Å². The van der Waals surface area contributed by atoms with Gasteiger partial charge >= 0.3 is 0 Å². The van der Waals surface area contributed by atoms with Crippen LogP contribution in [0.3, 0.4) is 0 Å². The van der Waals surface area contributed by atoms with Crippen LogP contribution in [0.5, 0.6) is 0 Å². The van der Waals surface area contributed by atoms with Crippen molar-refractivity contribution in [1.29, 1.82) is 0 Å². The van der Waals surface area contributed by atoms with Crippen molar-refractivity contribution in [2.75, 3.05) is 51.5 Å². The van der Waals surface area contributed by atoms with E-state index in [0.29, 0.717) is 0 Å². The second-order valence-electron chi connectivity index (χ2n) is 4.17. The maximum atomic E-state index is 3.38. The van der Waals surface area contributed by atoms with Gasteiger partial charge in [-0.05, 0) is 38.4 Å². The fraction of sp³-hybridized carbons (Fsp3) is 0.500. The van der Waals surface area contributed by atoms with Crippen molar-refractivity contribution >= 4 is 11.4 Å². The lowest BCUT2D eigenvalue weighted by atomic mass is 10.2. The average molecular weight is 207 g/mol. The summed E-state index contributed by atoms with van der Waals surface area (Å²) in [4.78, 5) is 4.27. The third-order valence-electron chi connectivity index (χ3n) is 2.27. The van der Waals surface area contributed by atoms with Crippen LogP contribution in [0, 0.1) is 0 Å². The number of likely N-dealkylation sites (N-methyl/N-ethyl adjacent to an activating group) is 1. The highest BCUT2D eigenvalue weighted by molar-refractivity contribution is 5.54. The zero-order valence-electron chi connectivity index (χ0n) is 10.1. The van der Waals surface area contributed by atoms with Crippen LogP contribution in [0.1, 0.15) is 0 Å². The molecule has 0 radical (unpaired) electrons. The van der Waals surface area contributed by atoms with Crippen molar-refractivity contribution in [3.8, 4) is 0 Å². The van der Waals surface area contributed by atoms with Crippen molar-refractivity contribution in [3.05, 3.63) is 24.3 Å². The number of nitrogens with one attached hydrogen (secondary N) is 1. The zero-order chi connectivity index (χ0) is 11.3. The Morgan fingerprint density at radius 1 is 1.00 bits per heavy atom. The molecule has 0 saturated carbocycles. The van der Waals surface area contributed by atoms with Gasteiger partial charge in [-0.2, -0.15) is 0 Å². The van der Waals surface area contributed by atoms with E-state index in [0.717, 1.165) is 13.1 Å². The van der Waals surface area contributed by atoms with Gasteiger partial charge in [0.2, 0.25) is 0 Å². The Morgan fingerprint density at radius 3 is 2.07 bits per heavy atom. The average Bonchev–Trinajstić information content (AvgIpc) is 2.18. The van der Waals surface area contributed by atoms with Crippen molar-refractivity contribution in [2.24, 2.45) is 0 Å². The summed E-state index contributed by atoms with van der Waals surface area (Å²) in [6.45, 7) is 2.03. The summed E-state index contributed by atoms with van der Waals surface area (Å²) in [7, 11) is 8.26. The molecule has 0 saturated heterocycles. The first-order valence-electron chi connectivity index (χ1n) is 5.25. The van der Waals surface area contributed by atoms with Crippen LogP contribution in [0.15, 0.2) is 24.3 Å². The summed E-state index contributed by atoms with van der Waals surface area (Å²) >= 11 is 0. The Morgan fingerprint density at radius 2 is 1.60 bits per heavy atom. The second kappa shape index (κ2) is 5.61. The van der Waals surface area contributed by atoms with Crippen molar-refractivity contribution in [2.45, 2.75) is 0 Å². The molecule has 1 N–H and O–H groups in total. The molecule has 0 spiro atoms. The molecular weight excluding hydrogens is 186 g/mol. The Hall–Kier alpha value is -1.22. The highest BCUT2D eigenvalue weighted by Gasteiger charge is 1.95. The molecule has 3 nitrogen and oxygen atoms in total. The lowest BCUT2D eigenvalue weighted by molar-refractivity contribution is 0.425. The SMILES string of the molecule is CN(C)CCNc1ccc(N(C)C)cc1. The molecule has 0 aliphatic carbocycles. The number of anilines is 2. The number of hydrogen-bond acceptors (Lipinski definition) is 3. The topological polar surface area (TPSA) is 18.5 Å². The Bertz CT molecular complexity index is 277. The van der Waals surface area contributed by atoms with Gasteiger partial charge in [0.05, 0.1) is 0 Å². The zero-order valence-corrected chi connectivity index (χ0v) is 10.1. The van der Waals surface area contributed by atoms with Crippen molar-refractivity contribution in [1.82, 2.24) is 4.90 Å². The van der Waals surface area contributed by atoms with E-state index in [1.54, 1.807) is 0 Å². The van der Waals surface area contributed by atoms with E-state index < -0.39 is 0 Å². The quantitative estimate of drug-likeness (QED) is 0.793. The molecule has 1 aromatic rings. The first-order valence-corrected chi connectivity index (χ1v) is 5.25. The molecule has 1 rings (SSSR count). The summed E-state index contributed by atoms with van der Waals surface area (Å²) in [5.41, 5.74) is 2.41. The minimum Gasteiger partial charge on any atom is -0.384 e. The van der Waals surface area contributed by atoms with Gasteiger partial charge in [0.1, 0.15) is 0 Å². The third kappa shape index (κ3) is 4.21. The molecule has 3 heteroatoms. The Labute approximate surface area is 92.7 Å². The molecule has 0 bridgehead atoms. The van der Waals surface area contributed by atoms with Gasteiger partial charge in [-0.15, -0.1) is 0 Å². The highest BCUT2D eigenvalue weighted by atomic mass is 15.1. The normalized spacial score (nSPS) is 10.5. The van der Waals surface area contributed by atoms with Gasteiger partial charge in [-0.1, -0.05) is 0 Å². The van der Waals surface area contributed by atoms with Crippen LogP contribution in [0.2, 0.25) is 0 Å². The summed E-state index contributed by atoms with van der Waals surface area (Å²) in [5.74, 6) is 0. The van der Waals surface area contributed by atoms with E-state index in [1.165, 1.54) is 11.4 Å². The van der Waals surface area contributed by atoms with Crippen LogP contribution >= 0.6 is 0 Å². The Balaban J connectivity index is 2.43. The van der Waals surface area contributed by atoms with Crippen molar-refractivity contribution < 1.29 is 0 Å².